The van der Waals surface area contributed by atoms with E-state index >= 15 is 0 Å². The first-order valence-corrected chi connectivity index (χ1v) is 7.60. The Hall–Kier alpha value is -1.10. The zero-order chi connectivity index (χ0) is 15.2. The van der Waals surface area contributed by atoms with Crippen molar-refractivity contribution >= 4 is 11.9 Å². The number of nitrogens with one attached hydrogen (secondary N) is 1. The molecule has 0 radical (unpaired) electrons. The van der Waals surface area contributed by atoms with E-state index in [1.807, 2.05) is 13.8 Å². The molecule has 1 atom stereocenters. The summed E-state index contributed by atoms with van der Waals surface area (Å²) < 4.78 is 0. The molecule has 0 aromatic heterocycles. The van der Waals surface area contributed by atoms with Gasteiger partial charge in [-0.05, 0) is 30.6 Å². The van der Waals surface area contributed by atoms with Gasteiger partial charge in [0.2, 0.25) is 5.91 Å². The normalized spacial score (nSPS) is 19.6. The van der Waals surface area contributed by atoms with Crippen LogP contribution in [-0.2, 0) is 9.59 Å². The van der Waals surface area contributed by atoms with E-state index < -0.39 is 12.0 Å². The third-order valence-corrected chi connectivity index (χ3v) is 4.14. The predicted octanol–water partition coefficient (Wildman–Crippen LogP) is 1.90. The molecule has 5 heteroatoms. The number of carbonyl (C=O) groups excluding carboxylic acids is 1. The van der Waals surface area contributed by atoms with E-state index in [1.54, 1.807) is 0 Å². The predicted molar refractivity (Wildman–Crippen MR) is 78.2 cm³/mol. The van der Waals surface area contributed by atoms with Crippen LogP contribution in [0.25, 0.3) is 0 Å². The zero-order valence-corrected chi connectivity index (χ0v) is 12.7. The zero-order valence-electron chi connectivity index (χ0n) is 12.7. The van der Waals surface area contributed by atoms with Crippen LogP contribution < -0.4 is 11.1 Å². The van der Waals surface area contributed by atoms with Crippen LogP contribution >= 0.6 is 0 Å². The largest absolute Gasteiger partial charge is 0.481 e. The monoisotopic (exact) mass is 284 g/mol. The highest BCUT2D eigenvalue weighted by molar-refractivity contribution is 5.81. The van der Waals surface area contributed by atoms with Crippen LogP contribution in [0.5, 0.6) is 0 Å². The van der Waals surface area contributed by atoms with Crippen molar-refractivity contribution in [1.82, 2.24) is 5.32 Å². The summed E-state index contributed by atoms with van der Waals surface area (Å²) in [7, 11) is 0. The average molecular weight is 284 g/mol. The summed E-state index contributed by atoms with van der Waals surface area (Å²) >= 11 is 0. The fraction of sp³-hybridized carbons (Fsp3) is 0.867. The molecule has 116 valence electrons. The smallest absolute Gasteiger partial charge is 0.303 e. The Morgan fingerprint density at radius 1 is 1.25 bits per heavy atom. The van der Waals surface area contributed by atoms with E-state index in [4.69, 9.17) is 10.8 Å². The lowest BCUT2D eigenvalue weighted by Crippen LogP contribution is -2.47. The number of hydrogen-bond donors (Lipinski definition) is 3. The van der Waals surface area contributed by atoms with E-state index in [1.165, 1.54) is 0 Å². The van der Waals surface area contributed by atoms with Gasteiger partial charge in [-0.25, -0.2) is 0 Å². The molecular formula is C15H28N2O3. The number of carbonyl (C=O) groups is 2. The van der Waals surface area contributed by atoms with Crippen LogP contribution in [0.1, 0.15) is 58.8 Å². The van der Waals surface area contributed by atoms with Crippen LogP contribution in [0.3, 0.4) is 0 Å². The molecule has 0 aromatic rings. The second kappa shape index (κ2) is 7.62. The molecule has 0 saturated heterocycles. The molecule has 1 rings (SSSR count). The number of nitrogens with two attached hydrogens (primary N) is 1. The van der Waals surface area contributed by atoms with Gasteiger partial charge in [-0.1, -0.05) is 33.1 Å². The maximum Gasteiger partial charge on any atom is 0.303 e. The van der Waals surface area contributed by atoms with Crippen molar-refractivity contribution < 1.29 is 14.7 Å². The van der Waals surface area contributed by atoms with Crippen LogP contribution in [-0.4, -0.2) is 29.6 Å². The molecular weight excluding hydrogens is 256 g/mol. The number of carboxylic acid groups (broad SMARTS) is 1. The highest BCUT2D eigenvalue weighted by Gasteiger charge is 2.35. The number of rotatable bonds is 7. The molecule has 0 aliphatic heterocycles. The van der Waals surface area contributed by atoms with Gasteiger partial charge in [-0.15, -0.1) is 0 Å². The maximum atomic E-state index is 12.0. The molecule has 1 amide bonds. The Bertz CT molecular complexity index is 336. The van der Waals surface area contributed by atoms with Crippen molar-refractivity contribution in [2.75, 3.05) is 6.54 Å². The lowest BCUT2D eigenvalue weighted by atomic mass is 9.71. The van der Waals surface area contributed by atoms with E-state index in [0.29, 0.717) is 18.9 Å². The molecule has 1 fully saturated rings. The third kappa shape index (κ3) is 5.49. The quantitative estimate of drug-likeness (QED) is 0.665. The molecule has 5 nitrogen and oxygen atoms in total. The summed E-state index contributed by atoms with van der Waals surface area (Å²) in [5.41, 5.74) is 5.57. The van der Waals surface area contributed by atoms with Crippen LogP contribution in [0.2, 0.25) is 0 Å². The SMILES string of the molecule is CC(C)C[C@@H](N)C(=O)NCC1(CC(=O)O)CCCCC1. The van der Waals surface area contributed by atoms with Gasteiger partial charge in [0, 0.05) is 6.54 Å². The molecule has 0 unspecified atom stereocenters. The van der Waals surface area contributed by atoms with Crippen molar-refractivity contribution in [2.24, 2.45) is 17.1 Å². The number of amides is 1. The molecule has 0 spiro atoms. The number of aliphatic carboxylic acids is 1. The van der Waals surface area contributed by atoms with Gasteiger partial charge in [0.25, 0.3) is 0 Å². The topological polar surface area (TPSA) is 92.4 Å². The van der Waals surface area contributed by atoms with Gasteiger partial charge in [0.1, 0.15) is 0 Å². The Balaban J connectivity index is 2.53. The van der Waals surface area contributed by atoms with Gasteiger partial charge < -0.3 is 16.2 Å². The van der Waals surface area contributed by atoms with Crippen molar-refractivity contribution in [2.45, 2.75) is 64.8 Å². The van der Waals surface area contributed by atoms with Gasteiger partial charge in [-0.2, -0.15) is 0 Å². The lowest BCUT2D eigenvalue weighted by Gasteiger charge is -2.36. The summed E-state index contributed by atoms with van der Waals surface area (Å²) in [6, 6.07) is -0.500. The van der Waals surface area contributed by atoms with E-state index in [9.17, 15) is 9.59 Å². The molecule has 1 saturated carbocycles. The van der Waals surface area contributed by atoms with Crippen molar-refractivity contribution in [3.8, 4) is 0 Å². The van der Waals surface area contributed by atoms with Gasteiger partial charge in [0.05, 0.1) is 12.5 Å². The Kier molecular flexibility index (Phi) is 6.46. The molecule has 0 heterocycles. The minimum Gasteiger partial charge on any atom is -0.481 e. The second-order valence-electron chi connectivity index (χ2n) is 6.59. The summed E-state index contributed by atoms with van der Waals surface area (Å²) in [5, 5.41) is 12.0. The highest BCUT2D eigenvalue weighted by atomic mass is 16.4. The molecule has 0 bridgehead atoms. The van der Waals surface area contributed by atoms with Crippen LogP contribution in [0, 0.1) is 11.3 Å². The average Bonchev–Trinajstić information content (AvgIpc) is 2.35. The fourth-order valence-electron chi connectivity index (χ4n) is 3.06. The van der Waals surface area contributed by atoms with Crippen molar-refractivity contribution in [3.05, 3.63) is 0 Å². The summed E-state index contributed by atoms with van der Waals surface area (Å²) in [5.74, 6) is -0.569. The minimum absolute atomic E-state index is 0.132. The maximum absolute atomic E-state index is 12.0. The first-order valence-electron chi connectivity index (χ1n) is 7.60. The fourth-order valence-corrected chi connectivity index (χ4v) is 3.06. The second-order valence-corrected chi connectivity index (χ2v) is 6.59. The number of carboxylic acids is 1. The lowest BCUT2D eigenvalue weighted by molar-refractivity contribution is -0.140. The van der Waals surface area contributed by atoms with Crippen LogP contribution in [0.4, 0.5) is 0 Å². The number of hydrogen-bond acceptors (Lipinski definition) is 3. The standard InChI is InChI=1S/C15H28N2O3/c1-11(2)8-12(16)14(20)17-10-15(9-13(18)19)6-4-3-5-7-15/h11-12H,3-10,16H2,1-2H3,(H,17,20)(H,18,19)/t12-/m1/s1. The van der Waals surface area contributed by atoms with Crippen LogP contribution in [0.15, 0.2) is 0 Å². The molecule has 20 heavy (non-hydrogen) atoms. The Morgan fingerprint density at radius 3 is 2.35 bits per heavy atom. The van der Waals surface area contributed by atoms with Gasteiger partial charge >= 0.3 is 5.97 Å². The minimum atomic E-state index is -0.785. The first kappa shape index (κ1) is 17.0. The third-order valence-electron chi connectivity index (χ3n) is 4.14. The van der Waals surface area contributed by atoms with E-state index in [0.717, 1.165) is 32.1 Å². The summed E-state index contributed by atoms with van der Waals surface area (Å²) in [6.45, 7) is 4.49. The first-order chi connectivity index (χ1) is 9.34. The molecule has 0 aromatic carbocycles. The highest BCUT2D eigenvalue weighted by Crippen LogP contribution is 2.38. The van der Waals surface area contributed by atoms with Gasteiger partial charge in [0.15, 0.2) is 0 Å². The van der Waals surface area contributed by atoms with Gasteiger partial charge in [-0.3, -0.25) is 9.59 Å². The van der Waals surface area contributed by atoms with E-state index in [-0.39, 0.29) is 17.7 Å². The Morgan fingerprint density at radius 2 is 1.85 bits per heavy atom. The summed E-state index contributed by atoms with van der Waals surface area (Å²) in [4.78, 5) is 23.0. The molecule has 1 aliphatic rings. The van der Waals surface area contributed by atoms with Crippen molar-refractivity contribution in [1.29, 1.82) is 0 Å². The Labute approximate surface area is 121 Å². The molecule has 4 N–H and O–H groups in total. The summed E-state index contributed by atoms with van der Waals surface area (Å²) in [6.07, 6.45) is 5.77. The van der Waals surface area contributed by atoms with Crippen molar-refractivity contribution in [3.63, 3.8) is 0 Å². The van der Waals surface area contributed by atoms with E-state index in [2.05, 4.69) is 5.32 Å². The molecule has 1 aliphatic carbocycles.